The fourth-order valence-electron chi connectivity index (χ4n) is 1.94. The molecular formula is C17H18N2O3. The average molecular weight is 298 g/mol. The molecule has 0 radical (unpaired) electrons. The van der Waals surface area contributed by atoms with Crippen molar-refractivity contribution >= 4 is 12.1 Å². The van der Waals surface area contributed by atoms with Gasteiger partial charge in [-0.3, -0.25) is 4.79 Å². The van der Waals surface area contributed by atoms with Crippen LogP contribution in [0.5, 0.6) is 11.5 Å². The zero-order valence-electron chi connectivity index (χ0n) is 12.8. The van der Waals surface area contributed by atoms with Crippen molar-refractivity contribution in [2.24, 2.45) is 5.10 Å². The van der Waals surface area contributed by atoms with Gasteiger partial charge in [-0.1, -0.05) is 17.7 Å². The molecule has 0 aliphatic carbocycles. The number of ether oxygens (including phenoxy) is 2. The highest BCUT2D eigenvalue weighted by Crippen LogP contribution is 2.22. The third-order valence-corrected chi connectivity index (χ3v) is 3.09. The minimum absolute atomic E-state index is 0.257. The van der Waals surface area contributed by atoms with Crippen molar-refractivity contribution in [1.29, 1.82) is 0 Å². The molecule has 0 fully saturated rings. The molecular weight excluding hydrogens is 280 g/mol. The van der Waals surface area contributed by atoms with Gasteiger partial charge in [0.15, 0.2) is 0 Å². The van der Waals surface area contributed by atoms with E-state index in [1.807, 2.05) is 19.1 Å². The highest BCUT2D eigenvalue weighted by atomic mass is 16.5. The van der Waals surface area contributed by atoms with Crippen LogP contribution < -0.4 is 14.9 Å². The lowest BCUT2D eigenvalue weighted by Gasteiger charge is -2.07. The number of rotatable bonds is 5. The third kappa shape index (κ3) is 3.85. The standard InChI is InChI=1S/C17H18N2O3/c1-12-5-4-6-13(9-12)17(20)19-18-11-14-7-8-15(21-2)10-16(14)22-3/h4-11H,1-3H3,(H,19,20). The number of hydrogen-bond donors (Lipinski definition) is 1. The Morgan fingerprint density at radius 1 is 1.14 bits per heavy atom. The number of hydrogen-bond acceptors (Lipinski definition) is 4. The second kappa shape index (κ2) is 7.26. The van der Waals surface area contributed by atoms with Gasteiger partial charge in [-0.2, -0.15) is 5.10 Å². The Balaban J connectivity index is 2.08. The van der Waals surface area contributed by atoms with Gasteiger partial charge < -0.3 is 9.47 Å². The highest BCUT2D eigenvalue weighted by Gasteiger charge is 2.05. The van der Waals surface area contributed by atoms with Crippen molar-refractivity contribution in [2.45, 2.75) is 6.92 Å². The predicted molar refractivity (Wildman–Crippen MR) is 85.8 cm³/mol. The quantitative estimate of drug-likeness (QED) is 0.682. The number of amides is 1. The van der Waals surface area contributed by atoms with Crippen molar-refractivity contribution in [3.63, 3.8) is 0 Å². The Morgan fingerprint density at radius 2 is 1.95 bits per heavy atom. The Hall–Kier alpha value is -2.82. The lowest BCUT2D eigenvalue weighted by molar-refractivity contribution is 0.0955. The van der Waals surface area contributed by atoms with Crippen LogP contribution in [0.25, 0.3) is 0 Å². The largest absolute Gasteiger partial charge is 0.497 e. The van der Waals surface area contributed by atoms with E-state index in [9.17, 15) is 4.79 Å². The SMILES string of the molecule is COc1ccc(C=NNC(=O)c2cccc(C)c2)c(OC)c1. The van der Waals surface area contributed by atoms with Crippen LogP contribution in [0.3, 0.4) is 0 Å². The number of aryl methyl sites for hydroxylation is 1. The van der Waals surface area contributed by atoms with Crippen molar-refractivity contribution in [3.8, 4) is 11.5 Å². The lowest BCUT2D eigenvalue weighted by Crippen LogP contribution is -2.17. The Morgan fingerprint density at radius 3 is 2.64 bits per heavy atom. The second-order valence-electron chi connectivity index (χ2n) is 4.68. The summed E-state index contributed by atoms with van der Waals surface area (Å²) >= 11 is 0. The predicted octanol–water partition coefficient (Wildman–Crippen LogP) is 2.78. The first-order valence-electron chi connectivity index (χ1n) is 6.76. The van der Waals surface area contributed by atoms with Crippen LogP contribution in [0.15, 0.2) is 47.6 Å². The third-order valence-electron chi connectivity index (χ3n) is 3.09. The first-order valence-corrected chi connectivity index (χ1v) is 6.76. The molecule has 2 rings (SSSR count). The molecule has 0 unspecified atom stereocenters. The van der Waals surface area contributed by atoms with E-state index in [0.717, 1.165) is 11.1 Å². The van der Waals surface area contributed by atoms with Crippen LogP contribution in [0.4, 0.5) is 0 Å². The van der Waals surface area contributed by atoms with Gasteiger partial charge >= 0.3 is 0 Å². The Labute approximate surface area is 129 Å². The maximum absolute atomic E-state index is 12.0. The summed E-state index contributed by atoms with van der Waals surface area (Å²) in [6, 6.07) is 12.7. The number of hydrazone groups is 1. The molecule has 2 aromatic carbocycles. The number of benzene rings is 2. The average Bonchev–Trinajstić information content (AvgIpc) is 2.54. The van der Waals surface area contributed by atoms with Crippen LogP contribution in [-0.4, -0.2) is 26.3 Å². The van der Waals surface area contributed by atoms with E-state index < -0.39 is 0 Å². The molecule has 114 valence electrons. The highest BCUT2D eigenvalue weighted by molar-refractivity contribution is 5.95. The van der Waals surface area contributed by atoms with Gasteiger partial charge in [-0.25, -0.2) is 5.43 Å². The summed E-state index contributed by atoms with van der Waals surface area (Å²) < 4.78 is 10.4. The number of nitrogens with one attached hydrogen (secondary N) is 1. The van der Waals surface area contributed by atoms with Crippen LogP contribution in [0.2, 0.25) is 0 Å². The van der Waals surface area contributed by atoms with Gasteiger partial charge in [0.05, 0.1) is 20.4 Å². The molecule has 5 nitrogen and oxygen atoms in total. The molecule has 22 heavy (non-hydrogen) atoms. The van der Waals surface area contributed by atoms with Crippen LogP contribution in [-0.2, 0) is 0 Å². The molecule has 2 aromatic rings. The molecule has 0 aliphatic rings. The molecule has 0 heterocycles. The van der Waals surface area contributed by atoms with Gasteiger partial charge in [0.1, 0.15) is 11.5 Å². The second-order valence-corrected chi connectivity index (χ2v) is 4.68. The summed E-state index contributed by atoms with van der Waals surface area (Å²) in [5.74, 6) is 1.05. The minimum Gasteiger partial charge on any atom is -0.497 e. The zero-order valence-corrected chi connectivity index (χ0v) is 12.8. The van der Waals surface area contributed by atoms with Crippen molar-refractivity contribution in [3.05, 3.63) is 59.2 Å². The summed E-state index contributed by atoms with van der Waals surface area (Å²) in [7, 11) is 3.15. The lowest BCUT2D eigenvalue weighted by atomic mass is 10.1. The monoisotopic (exact) mass is 298 g/mol. The summed E-state index contributed by atoms with van der Waals surface area (Å²) in [6.07, 6.45) is 1.53. The zero-order chi connectivity index (χ0) is 15.9. The fourth-order valence-corrected chi connectivity index (χ4v) is 1.94. The number of carbonyl (C=O) groups is 1. The summed E-state index contributed by atoms with van der Waals surface area (Å²) in [4.78, 5) is 12.0. The first kappa shape index (κ1) is 15.6. The smallest absolute Gasteiger partial charge is 0.271 e. The molecule has 0 aliphatic heterocycles. The maximum Gasteiger partial charge on any atom is 0.271 e. The van der Waals surface area contributed by atoms with E-state index >= 15 is 0 Å². The minimum atomic E-state index is -0.257. The summed E-state index contributed by atoms with van der Waals surface area (Å²) in [6.45, 7) is 1.93. The normalized spacial score (nSPS) is 10.5. The fraction of sp³-hybridized carbons (Fsp3) is 0.176. The van der Waals surface area contributed by atoms with Gasteiger partial charge in [0, 0.05) is 17.2 Å². The van der Waals surface area contributed by atoms with E-state index in [1.54, 1.807) is 44.6 Å². The molecule has 0 spiro atoms. The molecule has 0 bridgehead atoms. The Bertz CT molecular complexity index is 696. The number of methoxy groups -OCH3 is 2. The molecule has 0 aromatic heterocycles. The van der Waals surface area contributed by atoms with Crippen molar-refractivity contribution < 1.29 is 14.3 Å². The van der Waals surface area contributed by atoms with Gasteiger partial charge in [0.25, 0.3) is 5.91 Å². The van der Waals surface area contributed by atoms with Crippen molar-refractivity contribution in [2.75, 3.05) is 14.2 Å². The molecule has 5 heteroatoms. The molecule has 1 amide bonds. The van der Waals surface area contributed by atoms with E-state index in [2.05, 4.69) is 10.5 Å². The Kier molecular flexibility index (Phi) is 5.14. The van der Waals surface area contributed by atoms with Crippen LogP contribution >= 0.6 is 0 Å². The number of nitrogens with zero attached hydrogens (tertiary/aromatic N) is 1. The van der Waals surface area contributed by atoms with Crippen LogP contribution in [0, 0.1) is 6.92 Å². The summed E-state index contributed by atoms with van der Waals surface area (Å²) in [5.41, 5.74) is 4.83. The topological polar surface area (TPSA) is 59.9 Å². The summed E-state index contributed by atoms with van der Waals surface area (Å²) in [5, 5.41) is 3.97. The van der Waals surface area contributed by atoms with E-state index in [0.29, 0.717) is 17.1 Å². The molecule has 0 saturated heterocycles. The van der Waals surface area contributed by atoms with Gasteiger partial charge in [0.2, 0.25) is 0 Å². The van der Waals surface area contributed by atoms with Gasteiger partial charge in [-0.15, -0.1) is 0 Å². The maximum atomic E-state index is 12.0. The van der Waals surface area contributed by atoms with E-state index in [-0.39, 0.29) is 5.91 Å². The first-order chi connectivity index (χ1) is 10.6. The van der Waals surface area contributed by atoms with Gasteiger partial charge in [-0.05, 0) is 31.2 Å². The van der Waals surface area contributed by atoms with Crippen LogP contribution in [0.1, 0.15) is 21.5 Å². The van der Waals surface area contributed by atoms with Crippen molar-refractivity contribution in [1.82, 2.24) is 5.43 Å². The number of carbonyl (C=O) groups excluding carboxylic acids is 1. The van der Waals surface area contributed by atoms with E-state index in [4.69, 9.17) is 9.47 Å². The molecule has 0 atom stereocenters. The molecule has 0 saturated carbocycles. The van der Waals surface area contributed by atoms with E-state index in [1.165, 1.54) is 6.21 Å². The molecule has 1 N–H and O–H groups in total.